The Bertz CT molecular complexity index is 994. The molecule has 1 N–H and O–H groups in total. The van der Waals surface area contributed by atoms with Gasteiger partial charge in [-0.25, -0.2) is 13.6 Å². The van der Waals surface area contributed by atoms with Crippen molar-refractivity contribution in [2.75, 3.05) is 5.32 Å². The third-order valence-electron chi connectivity index (χ3n) is 4.08. The molecule has 0 saturated carbocycles. The Morgan fingerprint density at radius 3 is 2.32 bits per heavy atom. The fourth-order valence-corrected chi connectivity index (χ4v) is 3.33. The van der Waals surface area contributed by atoms with E-state index in [0.717, 1.165) is 23.3 Å². The molecule has 1 atom stereocenters. The number of rotatable bonds is 5. The minimum atomic E-state index is -1.24. The number of halogens is 2. The van der Waals surface area contributed by atoms with Crippen molar-refractivity contribution in [3.8, 4) is 11.1 Å². The number of carbonyl (C=O) groups is 2. The van der Waals surface area contributed by atoms with Gasteiger partial charge in [0.15, 0.2) is 6.10 Å². The Labute approximate surface area is 164 Å². The van der Waals surface area contributed by atoms with Crippen LogP contribution in [0.5, 0.6) is 0 Å². The molecule has 0 spiro atoms. The average Bonchev–Trinajstić information content (AvgIpc) is 3.15. The lowest BCUT2D eigenvalue weighted by Crippen LogP contribution is -2.30. The third kappa shape index (κ3) is 4.26. The van der Waals surface area contributed by atoms with Crippen LogP contribution in [0.25, 0.3) is 11.1 Å². The van der Waals surface area contributed by atoms with E-state index in [1.807, 2.05) is 31.2 Å². The number of esters is 1. The third-order valence-corrected chi connectivity index (χ3v) is 4.97. The summed E-state index contributed by atoms with van der Waals surface area (Å²) >= 11 is 1.19. The number of para-hydroxylation sites is 1. The number of carbonyl (C=O) groups excluding carboxylic acids is 2. The highest BCUT2D eigenvalue weighted by atomic mass is 32.1. The Morgan fingerprint density at radius 1 is 1.04 bits per heavy atom. The van der Waals surface area contributed by atoms with E-state index in [1.54, 1.807) is 11.4 Å². The number of anilines is 1. The zero-order valence-electron chi connectivity index (χ0n) is 15.2. The second-order valence-electron chi connectivity index (χ2n) is 6.16. The fraction of sp³-hybridized carbons (Fsp3) is 0.143. The number of hydrogen-bond donors (Lipinski definition) is 1. The van der Waals surface area contributed by atoms with Gasteiger partial charge in [-0.3, -0.25) is 4.79 Å². The van der Waals surface area contributed by atoms with Gasteiger partial charge in [-0.15, -0.1) is 11.3 Å². The van der Waals surface area contributed by atoms with Gasteiger partial charge in [0.25, 0.3) is 5.91 Å². The maximum Gasteiger partial charge on any atom is 0.349 e. The van der Waals surface area contributed by atoms with Crippen LogP contribution in [0.2, 0.25) is 0 Å². The van der Waals surface area contributed by atoms with E-state index in [-0.39, 0.29) is 0 Å². The molecule has 7 heteroatoms. The first-order valence-corrected chi connectivity index (χ1v) is 9.35. The highest BCUT2D eigenvalue weighted by Crippen LogP contribution is 2.29. The molecule has 2 aromatic carbocycles. The quantitative estimate of drug-likeness (QED) is 0.599. The largest absolute Gasteiger partial charge is 0.448 e. The Morgan fingerprint density at radius 2 is 1.68 bits per heavy atom. The summed E-state index contributed by atoms with van der Waals surface area (Å²) in [6, 6.07) is 12.7. The lowest BCUT2D eigenvalue weighted by Gasteiger charge is -2.14. The van der Waals surface area contributed by atoms with E-state index in [4.69, 9.17) is 4.74 Å². The molecule has 28 heavy (non-hydrogen) atoms. The van der Waals surface area contributed by atoms with Crippen LogP contribution in [-0.2, 0) is 9.53 Å². The van der Waals surface area contributed by atoms with Crippen LogP contribution >= 0.6 is 11.3 Å². The van der Waals surface area contributed by atoms with Gasteiger partial charge >= 0.3 is 5.97 Å². The molecule has 0 aliphatic rings. The van der Waals surface area contributed by atoms with E-state index >= 15 is 0 Å². The second kappa shape index (κ2) is 8.31. The lowest BCUT2D eigenvalue weighted by atomic mass is 10.1. The average molecular weight is 401 g/mol. The molecule has 4 nitrogen and oxygen atoms in total. The maximum atomic E-state index is 13.7. The summed E-state index contributed by atoms with van der Waals surface area (Å²) in [5.41, 5.74) is 2.06. The van der Waals surface area contributed by atoms with Crippen LogP contribution in [0.4, 0.5) is 14.5 Å². The van der Waals surface area contributed by atoms with E-state index < -0.39 is 35.3 Å². The summed E-state index contributed by atoms with van der Waals surface area (Å²) < 4.78 is 32.5. The molecule has 1 amide bonds. The molecule has 0 radical (unpaired) electrons. The molecular weight excluding hydrogens is 384 g/mol. The first-order chi connectivity index (χ1) is 13.4. The molecule has 0 unspecified atom stereocenters. The smallest absolute Gasteiger partial charge is 0.349 e. The summed E-state index contributed by atoms with van der Waals surface area (Å²) in [5, 5.41) is 3.87. The highest BCUT2D eigenvalue weighted by Gasteiger charge is 2.24. The van der Waals surface area contributed by atoms with E-state index in [0.29, 0.717) is 10.4 Å². The van der Waals surface area contributed by atoms with Gasteiger partial charge in [-0.2, -0.15) is 0 Å². The summed E-state index contributed by atoms with van der Waals surface area (Å²) in [6.07, 6.45) is -1.24. The van der Waals surface area contributed by atoms with Crippen molar-refractivity contribution in [3.63, 3.8) is 0 Å². The monoisotopic (exact) mass is 401 g/mol. The van der Waals surface area contributed by atoms with Crippen molar-refractivity contribution in [1.29, 1.82) is 0 Å². The lowest BCUT2D eigenvalue weighted by molar-refractivity contribution is -0.123. The van der Waals surface area contributed by atoms with Gasteiger partial charge < -0.3 is 10.1 Å². The zero-order chi connectivity index (χ0) is 20.3. The Balaban J connectivity index is 1.72. The van der Waals surface area contributed by atoms with Crippen molar-refractivity contribution in [2.24, 2.45) is 0 Å². The van der Waals surface area contributed by atoms with Gasteiger partial charge in [0.2, 0.25) is 0 Å². The van der Waals surface area contributed by atoms with E-state index in [9.17, 15) is 18.4 Å². The van der Waals surface area contributed by atoms with Gasteiger partial charge in [-0.05, 0) is 43.0 Å². The van der Waals surface area contributed by atoms with Crippen LogP contribution in [-0.4, -0.2) is 18.0 Å². The topological polar surface area (TPSA) is 55.4 Å². The Kier molecular flexibility index (Phi) is 5.84. The fourth-order valence-electron chi connectivity index (χ4n) is 2.54. The van der Waals surface area contributed by atoms with Gasteiger partial charge in [0.05, 0.1) is 0 Å². The highest BCUT2D eigenvalue weighted by molar-refractivity contribution is 7.12. The van der Waals surface area contributed by atoms with Crippen LogP contribution < -0.4 is 5.32 Å². The minimum absolute atomic E-state index is 0.348. The molecule has 0 fully saturated rings. The molecule has 1 heterocycles. The standard InChI is InChI=1S/C21H17F2NO3S/c1-12-6-8-14(9-7-12)15-10-11-28-19(15)21(26)27-13(2)20(25)24-18-16(22)4-3-5-17(18)23/h3-11,13H,1-2H3,(H,24,25)/t13-/m1/s1. The van der Waals surface area contributed by atoms with Gasteiger partial charge in [0, 0.05) is 5.56 Å². The predicted molar refractivity (Wildman–Crippen MR) is 104 cm³/mol. The summed E-state index contributed by atoms with van der Waals surface area (Å²) in [6.45, 7) is 3.30. The SMILES string of the molecule is Cc1ccc(-c2ccsc2C(=O)O[C@H](C)C(=O)Nc2c(F)cccc2F)cc1. The molecule has 0 saturated heterocycles. The Hall–Kier alpha value is -3.06. The predicted octanol–water partition coefficient (Wildman–Crippen LogP) is 5.19. The molecule has 3 rings (SSSR count). The van der Waals surface area contributed by atoms with Crippen molar-refractivity contribution in [2.45, 2.75) is 20.0 Å². The zero-order valence-corrected chi connectivity index (χ0v) is 16.0. The van der Waals surface area contributed by atoms with E-state index in [1.165, 1.54) is 24.3 Å². The number of thiophene rings is 1. The summed E-state index contributed by atoms with van der Waals surface area (Å²) in [7, 11) is 0. The van der Waals surface area contributed by atoms with Gasteiger partial charge in [0.1, 0.15) is 22.2 Å². The second-order valence-corrected chi connectivity index (χ2v) is 7.08. The van der Waals surface area contributed by atoms with Crippen molar-refractivity contribution < 1.29 is 23.1 Å². The number of hydrogen-bond acceptors (Lipinski definition) is 4. The van der Waals surface area contributed by atoms with Crippen molar-refractivity contribution in [3.05, 3.63) is 76.0 Å². The first-order valence-electron chi connectivity index (χ1n) is 8.47. The van der Waals surface area contributed by atoms with Crippen LogP contribution in [0.1, 0.15) is 22.2 Å². The number of amides is 1. The molecular formula is C21H17F2NO3S. The molecule has 144 valence electrons. The van der Waals surface area contributed by atoms with E-state index in [2.05, 4.69) is 5.32 Å². The number of benzene rings is 2. The number of nitrogens with one attached hydrogen (secondary N) is 1. The molecule has 1 aromatic heterocycles. The van der Waals surface area contributed by atoms with Crippen LogP contribution in [0.3, 0.4) is 0 Å². The summed E-state index contributed by atoms with van der Waals surface area (Å²) in [4.78, 5) is 25.1. The minimum Gasteiger partial charge on any atom is -0.448 e. The van der Waals surface area contributed by atoms with Crippen LogP contribution in [0.15, 0.2) is 53.9 Å². The maximum absolute atomic E-state index is 13.7. The normalized spacial score (nSPS) is 11.7. The van der Waals surface area contributed by atoms with Crippen molar-refractivity contribution in [1.82, 2.24) is 0 Å². The molecule has 3 aromatic rings. The first kappa shape index (κ1) is 19.7. The molecule has 0 aliphatic carbocycles. The number of aryl methyl sites for hydroxylation is 1. The number of ether oxygens (including phenoxy) is 1. The van der Waals surface area contributed by atoms with Crippen molar-refractivity contribution >= 4 is 28.9 Å². The van der Waals surface area contributed by atoms with Crippen LogP contribution in [0, 0.1) is 18.6 Å². The molecule has 0 bridgehead atoms. The molecule has 0 aliphatic heterocycles. The van der Waals surface area contributed by atoms with Gasteiger partial charge in [-0.1, -0.05) is 35.9 Å². The summed E-state index contributed by atoms with van der Waals surface area (Å²) in [5.74, 6) is -3.33.